The van der Waals surface area contributed by atoms with Gasteiger partial charge in [0.2, 0.25) is 70.9 Å². The maximum Gasteiger partial charge on any atom is 0.246 e. The van der Waals surface area contributed by atoms with Crippen LogP contribution in [0.15, 0.2) is 73.3 Å². The van der Waals surface area contributed by atoms with Gasteiger partial charge < -0.3 is 105 Å². The number of imidazole rings is 1. The summed E-state index contributed by atoms with van der Waals surface area (Å²) in [7, 11) is 0. The fraction of sp³-hybridized carbons (Fsp3) is 0.620. The van der Waals surface area contributed by atoms with Crippen molar-refractivity contribution in [2.45, 2.75) is 254 Å². The van der Waals surface area contributed by atoms with Crippen molar-refractivity contribution in [2.24, 2.45) is 11.5 Å². The summed E-state index contributed by atoms with van der Waals surface area (Å²) >= 11 is 0. The van der Waals surface area contributed by atoms with Crippen molar-refractivity contribution < 1.29 is 77.2 Å². The van der Waals surface area contributed by atoms with E-state index in [1.807, 2.05) is 25.1 Å². The number of carbonyl (C=O) groups is 12. The number of ether oxygens (including phenoxy) is 2. The third kappa shape index (κ3) is 34.0. The number of rotatable bonds is 44. The summed E-state index contributed by atoms with van der Waals surface area (Å²) in [5.74, 6) is -9.90. The van der Waals surface area contributed by atoms with Crippen molar-refractivity contribution in [3.05, 3.63) is 90.1 Å². The highest BCUT2D eigenvalue weighted by Gasteiger charge is 2.44. The lowest BCUT2D eigenvalue weighted by atomic mass is 10.0. The summed E-state index contributed by atoms with van der Waals surface area (Å²) in [6.45, 7) is 2.81. The van der Waals surface area contributed by atoms with Crippen molar-refractivity contribution in [3.8, 4) is 0 Å². The van der Waals surface area contributed by atoms with Crippen LogP contribution in [-0.2, 0) is 86.3 Å². The van der Waals surface area contributed by atoms with E-state index < -0.39 is 158 Å². The zero-order valence-corrected chi connectivity index (χ0v) is 65.5. The lowest BCUT2D eigenvalue weighted by Crippen LogP contribution is -2.61. The van der Waals surface area contributed by atoms with Gasteiger partial charge in [0.25, 0.3) is 0 Å². The van der Waals surface area contributed by atoms with Crippen LogP contribution in [0.4, 0.5) is 0 Å². The average molecular weight is 1580 g/mol. The molecule has 2 saturated heterocycles. The van der Waals surface area contributed by atoms with Gasteiger partial charge in [0.05, 0.1) is 44.6 Å². The van der Waals surface area contributed by atoms with Gasteiger partial charge in [0.1, 0.15) is 61.0 Å². The van der Waals surface area contributed by atoms with E-state index in [1.54, 1.807) is 42.6 Å². The van der Waals surface area contributed by atoms with Crippen LogP contribution in [0.3, 0.4) is 0 Å². The Kier molecular flexibility index (Phi) is 41.9. The molecular weight excluding hydrogens is 1460 g/mol. The molecule has 2 aromatic heterocycles. The van der Waals surface area contributed by atoms with Gasteiger partial charge in [-0.15, -0.1) is 0 Å². The van der Waals surface area contributed by atoms with Crippen LogP contribution in [0, 0.1) is 5.41 Å². The standard InChI is InChI=1S/C79H122N18O16/c1-3-5-7-8-9-10-11-12-13-14-15-16-20-33-67(100)85-38-39-112-40-41-113-50-69(102)89-64(44-54-47-83-51-88-54)75(108)96-65(49-98)76(109)92-59(29-6-4-2)71(104)93-61-34-35-68(101)84-36-24-23-31-58(70(80)103)90-74(107)63(43-53-46-87-57-30-22-21-28-56(53)57)94-72(105)60(32-25-37-86-79(81)82)91-73(106)62(42-52-26-18-17-19-27-52)95-77(110)66-45-55(99)48-97(66)78(61)111/h17-19,21-22,26-28,30,46-47,51,55,58-66,87,98-99H,3-16,20,23-25,29,31-45,48-50H2,1-2H3,(H2,80,103)(H,83,88)(H,84,101)(H,85,100)(H,89,102)(H,90,107)(H,91,106)(H,92,109)(H,93,104)(H,94,105)(H,95,110)(H,96,108)(H4,81,82,86)/t55-,58+,59+,60+,61+,62?,63+,64+,65+,66+/m1/s1. The Morgan fingerprint density at radius 2 is 1.28 bits per heavy atom. The lowest BCUT2D eigenvalue weighted by molar-refractivity contribution is -0.143. The lowest BCUT2D eigenvalue weighted by Gasteiger charge is -2.31. The van der Waals surface area contributed by atoms with Gasteiger partial charge in [0.15, 0.2) is 5.96 Å². The van der Waals surface area contributed by atoms with Crippen molar-refractivity contribution in [1.82, 2.24) is 78.3 Å². The highest BCUT2D eigenvalue weighted by Crippen LogP contribution is 2.24. The number of nitrogens with zero attached hydrogens (tertiary/aromatic N) is 2. The molecule has 4 heterocycles. The molecule has 1 unspecified atom stereocenters. The number of para-hydroxylation sites is 1. The number of nitrogens with one attached hydrogen (secondary N) is 14. The number of hydrogen-bond acceptors (Lipinski definition) is 18. The molecule has 4 aromatic rings. The molecule has 2 aliphatic heterocycles. The summed E-state index contributed by atoms with van der Waals surface area (Å²) in [5, 5.41) is 60.0. The second kappa shape index (κ2) is 51.6. The van der Waals surface area contributed by atoms with Crippen molar-refractivity contribution >= 4 is 87.7 Å². The number of fused-ring (bicyclic) bond motifs is 2. The summed E-state index contributed by atoms with van der Waals surface area (Å²) in [6.07, 6.45) is 19.1. The zero-order chi connectivity index (χ0) is 81.7. The molecule has 10 atom stereocenters. The number of carbonyl (C=O) groups excluding carboxylic acids is 12. The van der Waals surface area contributed by atoms with Crippen molar-refractivity contribution in [2.75, 3.05) is 59.2 Å². The first-order chi connectivity index (χ1) is 54.6. The maximum absolute atomic E-state index is 15.2. The Labute approximate surface area is 660 Å². The van der Waals surface area contributed by atoms with Gasteiger partial charge in [-0.2, -0.15) is 0 Å². The van der Waals surface area contributed by atoms with E-state index in [0.29, 0.717) is 42.6 Å². The van der Waals surface area contributed by atoms with Crippen molar-refractivity contribution in [3.63, 3.8) is 0 Å². The number of guanidine groups is 1. The Morgan fingerprint density at radius 3 is 1.97 bits per heavy atom. The molecule has 6 rings (SSSR count). The molecule has 0 aliphatic carbocycles. The molecule has 34 nitrogen and oxygen atoms in total. The van der Waals surface area contributed by atoms with Crippen molar-refractivity contribution in [1.29, 1.82) is 5.41 Å². The van der Waals surface area contributed by atoms with Crippen LogP contribution in [-0.4, -0.2) is 227 Å². The Bertz CT molecular complexity index is 3640. The molecule has 2 fully saturated rings. The zero-order valence-electron chi connectivity index (χ0n) is 65.5. The first-order valence-corrected chi connectivity index (χ1v) is 40.2. The molecule has 0 bridgehead atoms. The predicted octanol–water partition coefficient (Wildman–Crippen LogP) is 1.40. The first kappa shape index (κ1) is 91.8. The largest absolute Gasteiger partial charge is 0.394 e. The summed E-state index contributed by atoms with van der Waals surface area (Å²) in [6, 6.07) is 2.52. The minimum atomic E-state index is -1.72. The number of hydrogen-bond donors (Lipinski definition) is 18. The van der Waals surface area contributed by atoms with Gasteiger partial charge in [-0.25, -0.2) is 4.98 Å². The molecule has 2 aliphatic rings. The molecular formula is C79H122N18O16. The number of aliphatic hydroxyl groups is 2. The molecule has 20 N–H and O–H groups in total. The number of nitrogens with two attached hydrogens (primary N) is 2. The van der Waals surface area contributed by atoms with Crippen LogP contribution in [0.25, 0.3) is 10.9 Å². The normalized spacial score (nSPS) is 19.8. The van der Waals surface area contributed by atoms with E-state index in [0.717, 1.165) is 35.1 Å². The Balaban J connectivity index is 1.13. The molecule has 113 heavy (non-hydrogen) atoms. The number of aromatic nitrogens is 3. The SMILES string of the molecule is CCCCCCCCCCCCCCCC(=O)NCCOCCOCC(=O)N[C@@H](Cc1c[nH]cn1)C(=O)N[C@@H](CO)C(=O)N[C@@H](CCCC)C(=O)N[C@H]1CCC(=O)NCCCC[C@@H](C(N)=O)NC(=O)[C@H](Cc2c[nH]c3ccccc23)NC(=O)[C@H](CCCNC(=N)N)NC(=O)C(Cc2ccccc2)NC(=O)[C@@H]2C[C@@H](O)CN2C1=O. The van der Waals surface area contributed by atoms with Crippen LogP contribution in [0.5, 0.6) is 0 Å². The highest BCUT2D eigenvalue weighted by atomic mass is 16.5. The number of benzene rings is 2. The molecule has 0 spiro atoms. The van der Waals surface area contributed by atoms with E-state index >= 15 is 4.79 Å². The monoisotopic (exact) mass is 1580 g/mol. The minimum absolute atomic E-state index is 0.00299. The summed E-state index contributed by atoms with van der Waals surface area (Å²) in [5.41, 5.74) is 13.7. The van der Waals surface area contributed by atoms with E-state index in [-0.39, 0.29) is 109 Å². The van der Waals surface area contributed by atoms with Crippen LogP contribution in [0.1, 0.15) is 191 Å². The number of aromatic amines is 2. The van der Waals surface area contributed by atoms with E-state index in [1.165, 1.54) is 76.7 Å². The van der Waals surface area contributed by atoms with Gasteiger partial charge in [-0.3, -0.25) is 62.9 Å². The summed E-state index contributed by atoms with van der Waals surface area (Å²) < 4.78 is 11.1. The maximum atomic E-state index is 15.2. The third-order valence-corrected chi connectivity index (χ3v) is 19.9. The Hall–Kier alpha value is -10.1. The molecule has 624 valence electrons. The molecule has 2 aromatic carbocycles. The number of aliphatic hydroxyl groups excluding tert-OH is 2. The molecule has 0 radical (unpaired) electrons. The third-order valence-electron chi connectivity index (χ3n) is 19.9. The molecule has 0 saturated carbocycles. The van der Waals surface area contributed by atoms with Gasteiger partial charge >= 0.3 is 0 Å². The molecule has 34 heteroatoms. The van der Waals surface area contributed by atoms with Gasteiger partial charge in [0, 0.05) is 88.0 Å². The smallest absolute Gasteiger partial charge is 0.246 e. The molecule has 12 amide bonds. The van der Waals surface area contributed by atoms with E-state index in [9.17, 15) is 63.0 Å². The van der Waals surface area contributed by atoms with Crippen LogP contribution < -0.4 is 70.0 Å². The number of unbranched alkanes of at least 4 members (excludes halogenated alkanes) is 13. The second-order valence-electron chi connectivity index (χ2n) is 29.1. The summed E-state index contributed by atoms with van der Waals surface area (Å²) in [4.78, 5) is 181. The van der Waals surface area contributed by atoms with E-state index in [2.05, 4.69) is 80.4 Å². The van der Waals surface area contributed by atoms with Gasteiger partial charge in [-0.05, 0) is 68.6 Å². The fourth-order valence-electron chi connectivity index (χ4n) is 13.6. The second-order valence-corrected chi connectivity index (χ2v) is 29.1. The number of H-pyrrole nitrogens is 2. The minimum Gasteiger partial charge on any atom is -0.394 e. The average Bonchev–Trinajstić information content (AvgIpc) is 1.69. The quantitative estimate of drug-likeness (QED) is 0.0169. The fourth-order valence-corrected chi connectivity index (χ4v) is 13.6. The van der Waals surface area contributed by atoms with E-state index in [4.69, 9.17) is 26.4 Å². The van der Waals surface area contributed by atoms with Gasteiger partial charge in [-0.1, -0.05) is 152 Å². The first-order valence-electron chi connectivity index (χ1n) is 40.2. The number of primary amides is 1. The Morgan fingerprint density at radius 1 is 0.646 bits per heavy atom. The highest BCUT2D eigenvalue weighted by molar-refractivity contribution is 5.99. The topological polar surface area (TPSA) is 520 Å². The number of amides is 12. The van der Waals surface area contributed by atoms with Crippen LogP contribution in [0.2, 0.25) is 0 Å². The van der Waals surface area contributed by atoms with Crippen LogP contribution >= 0.6 is 0 Å². The predicted molar refractivity (Wildman–Crippen MR) is 422 cm³/mol.